The van der Waals surface area contributed by atoms with Crippen LogP contribution in [0.25, 0.3) is 0 Å². The second-order valence-corrected chi connectivity index (χ2v) is 6.71. The molecule has 0 aliphatic rings. The van der Waals surface area contributed by atoms with Crippen molar-refractivity contribution in [2.24, 2.45) is 0 Å². The summed E-state index contributed by atoms with van der Waals surface area (Å²) in [7, 11) is -2.41. The lowest BCUT2D eigenvalue weighted by Crippen LogP contribution is -2.26. The Balaban J connectivity index is 2.50. The first-order valence-electron chi connectivity index (χ1n) is 6.91. The van der Waals surface area contributed by atoms with Crippen molar-refractivity contribution in [1.29, 1.82) is 0 Å². The number of carbonyl (C=O) groups is 1. The summed E-state index contributed by atoms with van der Waals surface area (Å²) < 4.78 is 31.6. The molecule has 2 aromatic rings. The van der Waals surface area contributed by atoms with E-state index in [1.54, 1.807) is 25.1 Å². The van der Waals surface area contributed by atoms with E-state index in [0.29, 0.717) is 12.4 Å². The molecule has 0 amide bonds. The van der Waals surface area contributed by atoms with Gasteiger partial charge in [0, 0.05) is 13.1 Å². The van der Waals surface area contributed by atoms with Crippen LogP contribution in [-0.2, 0) is 10.0 Å². The predicted molar refractivity (Wildman–Crippen MR) is 86.6 cm³/mol. The Hall–Kier alpha value is -2.54. The Morgan fingerprint density at radius 2 is 1.83 bits per heavy atom. The van der Waals surface area contributed by atoms with Gasteiger partial charge in [-0.1, -0.05) is 18.2 Å². The van der Waals surface area contributed by atoms with Gasteiger partial charge in [-0.15, -0.1) is 0 Å². The van der Waals surface area contributed by atoms with Crippen LogP contribution >= 0.6 is 0 Å². The number of benzene rings is 2. The van der Waals surface area contributed by atoms with Crippen molar-refractivity contribution < 1.29 is 23.1 Å². The van der Waals surface area contributed by atoms with Gasteiger partial charge in [0.1, 0.15) is 5.75 Å². The van der Waals surface area contributed by atoms with Crippen LogP contribution in [-0.4, -0.2) is 33.1 Å². The summed E-state index contributed by atoms with van der Waals surface area (Å²) in [5.74, 6) is -0.851. The van der Waals surface area contributed by atoms with Crippen LogP contribution in [0.4, 0.5) is 5.69 Å². The number of sulfonamides is 1. The van der Waals surface area contributed by atoms with E-state index < -0.39 is 16.0 Å². The van der Waals surface area contributed by atoms with Crippen LogP contribution in [0.5, 0.6) is 5.75 Å². The number of hydrogen-bond donors (Lipinski definition) is 1. The maximum absolute atomic E-state index is 12.6. The van der Waals surface area contributed by atoms with Crippen LogP contribution in [0, 0.1) is 0 Å². The minimum absolute atomic E-state index is 0.0407. The molecule has 122 valence electrons. The van der Waals surface area contributed by atoms with Crippen molar-refractivity contribution in [3.63, 3.8) is 0 Å². The molecule has 0 aliphatic heterocycles. The van der Waals surface area contributed by atoms with E-state index >= 15 is 0 Å². The lowest BCUT2D eigenvalue weighted by molar-refractivity contribution is 0.0696. The minimum atomic E-state index is -3.78. The number of nitrogens with zero attached hydrogens (tertiary/aromatic N) is 1. The molecule has 0 heterocycles. The molecule has 0 aromatic heterocycles. The number of ether oxygens (including phenoxy) is 1. The quantitative estimate of drug-likeness (QED) is 0.877. The smallest absolute Gasteiger partial charge is 0.335 e. The average molecular weight is 335 g/mol. The molecule has 7 heteroatoms. The Morgan fingerprint density at radius 3 is 2.39 bits per heavy atom. The van der Waals surface area contributed by atoms with E-state index in [2.05, 4.69) is 0 Å². The summed E-state index contributed by atoms with van der Waals surface area (Å²) in [6.07, 6.45) is 0. The lowest BCUT2D eigenvalue weighted by Gasteiger charge is -2.20. The molecule has 0 atom stereocenters. The molecular weight excluding hydrogens is 318 g/mol. The molecule has 0 saturated carbocycles. The normalized spacial score (nSPS) is 11.0. The highest BCUT2D eigenvalue weighted by Gasteiger charge is 2.22. The van der Waals surface area contributed by atoms with Crippen LogP contribution < -0.4 is 9.04 Å². The molecule has 0 spiro atoms. The van der Waals surface area contributed by atoms with Gasteiger partial charge in [0.2, 0.25) is 0 Å². The Labute approximate surface area is 135 Å². The molecule has 0 aliphatic carbocycles. The zero-order valence-electron chi connectivity index (χ0n) is 12.8. The van der Waals surface area contributed by atoms with E-state index in [4.69, 9.17) is 4.74 Å². The van der Waals surface area contributed by atoms with E-state index in [1.807, 2.05) is 0 Å². The highest BCUT2D eigenvalue weighted by molar-refractivity contribution is 7.92. The van der Waals surface area contributed by atoms with Crippen LogP contribution in [0.2, 0.25) is 0 Å². The lowest BCUT2D eigenvalue weighted by atomic mass is 10.2. The van der Waals surface area contributed by atoms with Crippen LogP contribution in [0.1, 0.15) is 17.3 Å². The Morgan fingerprint density at radius 1 is 1.17 bits per heavy atom. The van der Waals surface area contributed by atoms with Gasteiger partial charge in [-0.05, 0) is 31.2 Å². The van der Waals surface area contributed by atoms with Crippen LogP contribution in [0.15, 0.2) is 53.4 Å². The summed E-state index contributed by atoms with van der Waals surface area (Å²) in [5, 5.41) is 9.18. The van der Waals surface area contributed by atoms with Crippen molar-refractivity contribution in [3.05, 3.63) is 54.1 Å². The topological polar surface area (TPSA) is 83.9 Å². The third-order valence-corrected chi connectivity index (χ3v) is 5.01. The number of anilines is 1. The van der Waals surface area contributed by atoms with Crippen molar-refractivity contribution in [2.45, 2.75) is 11.8 Å². The highest BCUT2D eigenvalue weighted by Crippen LogP contribution is 2.27. The van der Waals surface area contributed by atoms with Gasteiger partial charge in [0.05, 0.1) is 22.8 Å². The van der Waals surface area contributed by atoms with Crippen molar-refractivity contribution in [3.8, 4) is 5.75 Å². The number of aromatic carboxylic acids is 1. The summed E-state index contributed by atoms with van der Waals surface area (Å²) in [6, 6.07) is 12.1. The number of rotatable bonds is 6. The average Bonchev–Trinajstić information content (AvgIpc) is 2.55. The molecule has 6 nitrogen and oxygen atoms in total. The summed E-state index contributed by atoms with van der Waals surface area (Å²) >= 11 is 0. The van der Waals surface area contributed by atoms with Gasteiger partial charge in [-0.25, -0.2) is 13.2 Å². The van der Waals surface area contributed by atoms with E-state index in [1.165, 1.54) is 37.4 Å². The highest BCUT2D eigenvalue weighted by atomic mass is 32.2. The molecule has 0 bridgehead atoms. The molecular formula is C16H17NO5S. The van der Waals surface area contributed by atoms with E-state index in [0.717, 1.165) is 4.31 Å². The zero-order chi connectivity index (χ0) is 17.0. The molecule has 0 unspecified atom stereocenters. The fraction of sp³-hybridized carbons (Fsp3) is 0.188. The SMILES string of the molecule is CCOc1cc(C(=O)O)cc(N(C)S(=O)(=O)c2ccccc2)c1. The standard InChI is InChI=1S/C16H17NO5S/c1-3-22-14-10-12(16(18)19)9-13(11-14)17(2)23(20,21)15-7-5-4-6-8-15/h4-11H,3H2,1-2H3,(H,18,19). The number of carboxylic acids is 1. The van der Waals surface area contributed by atoms with Gasteiger partial charge in [-0.3, -0.25) is 4.31 Å². The molecule has 0 radical (unpaired) electrons. The third-order valence-electron chi connectivity index (χ3n) is 3.21. The van der Waals surface area contributed by atoms with Gasteiger partial charge in [-0.2, -0.15) is 0 Å². The Bertz CT molecular complexity index is 802. The Kier molecular flexibility index (Phi) is 4.90. The van der Waals surface area contributed by atoms with Crippen LogP contribution in [0.3, 0.4) is 0 Å². The fourth-order valence-electron chi connectivity index (χ4n) is 2.03. The fourth-order valence-corrected chi connectivity index (χ4v) is 3.23. The molecule has 23 heavy (non-hydrogen) atoms. The van der Waals surface area contributed by atoms with E-state index in [9.17, 15) is 18.3 Å². The molecule has 2 aromatic carbocycles. The van der Waals surface area contributed by atoms with Gasteiger partial charge >= 0.3 is 5.97 Å². The van der Waals surface area contributed by atoms with E-state index in [-0.39, 0.29) is 16.1 Å². The van der Waals surface area contributed by atoms with Crippen molar-refractivity contribution >= 4 is 21.7 Å². The minimum Gasteiger partial charge on any atom is -0.494 e. The maximum atomic E-state index is 12.6. The second-order valence-electron chi connectivity index (χ2n) is 4.74. The summed E-state index contributed by atoms with van der Waals surface area (Å²) in [6.45, 7) is 2.11. The van der Waals surface area contributed by atoms with Gasteiger partial charge in [0.25, 0.3) is 10.0 Å². The first-order valence-corrected chi connectivity index (χ1v) is 8.35. The van der Waals surface area contributed by atoms with Crippen molar-refractivity contribution in [2.75, 3.05) is 18.0 Å². The molecule has 2 rings (SSSR count). The molecule has 1 N–H and O–H groups in total. The van der Waals surface area contributed by atoms with Crippen molar-refractivity contribution in [1.82, 2.24) is 0 Å². The first kappa shape index (κ1) is 16.8. The largest absolute Gasteiger partial charge is 0.494 e. The van der Waals surface area contributed by atoms with Gasteiger partial charge in [0.15, 0.2) is 0 Å². The zero-order valence-corrected chi connectivity index (χ0v) is 13.6. The third kappa shape index (κ3) is 3.62. The monoisotopic (exact) mass is 335 g/mol. The second kappa shape index (κ2) is 6.70. The predicted octanol–water partition coefficient (Wildman–Crippen LogP) is 2.61. The van der Waals surface area contributed by atoms with Gasteiger partial charge < -0.3 is 9.84 Å². The maximum Gasteiger partial charge on any atom is 0.335 e. The summed E-state index contributed by atoms with van der Waals surface area (Å²) in [5.41, 5.74) is 0.179. The number of carboxylic acid groups (broad SMARTS) is 1. The summed E-state index contributed by atoms with van der Waals surface area (Å²) in [4.78, 5) is 11.4. The molecule has 0 fully saturated rings. The number of hydrogen-bond acceptors (Lipinski definition) is 4. The first-order chi connectivity index (χ1) is 10.9. The molecule has 0 saturated heterocycles.